The zero-order chi connectivity index (χ0) is 15.0. The van der Waals surface area contributed by atoms with Crippen molar-refractivity contribution >= 4 is 0 Å². The molecule has 1 saturated carbocycles. The van der Waals surface area contributed by atoms with Crippen molar-refractivity contribution in [2.75, 3.05) is 0 Å². The van der Waals surface area contributed by atoms with Gasteiger partial charge in [0, 0.05) is 0 Å². The van der Waals surface area contributed by atoms with Gasteiger partial charge < -0.3 is 0 Å². The Morgan fingerprint density at radius 3 is 1.85 bits per heavy atom. The fraction of sp³-hybridized carbons (Fsp3) is 1.00. The molecule has 4 atom stereocenters. The predicted octanol–water partition coefficient (Wildman–Crippen LogP) is 7.08. The Morgan fingerprint density at radius 1 is 0.850 bits per heavy atom. The average Bonchev–Trinajstić information content (AvgIpc) is 2.38. The van der Waals surface area contributed by atoms with Crippen molar-refractivity contribution in [1.29, 1.82) is 0 Å². The molecule has 0 heteroatoms. The van der Waals surface area contributed by atoms with E-state index in [9.17, 15) is 0 Å². The van der Waals surface area contributed by atoms with E-state index in [1.54, 1.807) is 0 Å². The molecule has 0 amide bonds. The molecule has 0 nitrogen and oxygen atoms in total. The van der Waals surface area contributed by atoms with E-state index in [2.05, 4.69) is 34.6 Å². The normalized spacial score (nSPS) is 22.1. The molecule has 1 rings (SSSR count). The highest BCUT2D eigenvalue weighted by atomic mass is 14.4. The molecule has 120 valence electrons. The van der Waals surface area contributed by atoms with Crippen molar-refractivity contribution in [2.24, 2.45) is 29.6 Å². The summed E-state index contributed by atoms with van der Waals surface area (Å²) in [5, 5.41) is 0. The first-order valence-electron chi connectivity index (χ1n) is 9.69. The van der Waals surface area contributed by atoms with Gasteiger partial charge in [0.2, 0.25) is 0 Å². The highest BCUT2D eigenvalue weighted by Gasteiger charge is 2.38. The Morgan fingerprint density at radius 2 is 1.45 bits per heavy atom. The molecule has 0 bridgehead atoms. The third kappa shape index (κ3) is 4.78. The molecule has 0 aromatic heterocycles. The van der Waals surface area contributed by atoms with E-state index in [4.69, 9.17) is 0 Å². The van der Waals surface area contributed by atoms with Gasteiger partial charge in [-0.1, -0.05) is 98.8 Å². The van der Waals surface area contributed by atoms with Gasteiger partial charge in [-0.25, -0.2) is 0 Å². The summed E-state index contributed by atoms with van der Waals surface area (Å²) in [7, 11) is 0. The highest BCUT2D eigenvalue weighted by molar-refractivity contribution is 4.88. The lowest BCUT2D eigenvalue weighted by Gasteiger charge is -2.45. The molecule has 1 aliphatic carbocycles. The first-order valence-corrected chi connectivity index (χ1v) is 9.69. The van der Waals surface area contributed by atoms with Crippen LogP contribution in [0.25, 0.3) is 0 Å². The van der Waals surface area contributed by atoms with Crippen LogP contribution in [0, 0.1) is 29.6 Å². The number of hydrogen-bond donors (Lipinski definition) is 0. The van der Waals surface area contributed by atoms with Crippen molar-refractivity contribution in [2.45, 2.75) is 98.8 Å². The summed E-state index contributed by atoms with van der Waals surface area (Å²) in [5.74, 6) is 5.05. The molecule has 0 aromatic carbocycles. The maximum Gasteiger partial charge on any atom is -0.0327 e. The minimum atomic E-state index is 0.941. The standard InChI is InChI=1S/C20H40/c1-6-11-16(5)19(13-8-3)20(18-14-10-15-18)17(9-4)12-7-2/h16-20H,6-15H2,1-5H3. The third-order valence-corrected chi connectivity index (χ3v) is 6.01. The van der Waals surface area contributed by atoms with E-state index >= 15 is 0 Å². The molecule has 0 saturated heterocycles. The maximum atomic E-state index is 2.55. The first-order chi connectivity index (χ1) is 9.69. The Balaban J connectivity index is 2.84. The van der Waals surface area contributed by atoms with E-state index in [0.29, 0.717) is 0 Å². The van der Waals surface area contributed by atoms with Crippen LogP contribution in [-0.4, -0.2) is 0 Å². The zero-order valence-electron chi connectivity index (χ0n) is 15.0. The minimum Gasteiger partial charge on any atom is -0.0654 e. The van der Waals surface area contributed by atoms with Gasteiger partial charge in [-0.3, -0.25) is 0 Å². The third-order valence-electron chi connectivity index (χ3n) is 6.01. The van der Waals surface area contributed by atoms with E-state index in [-0.39, 0.29) is 0 Å². The lowest BCUT2D eigenvalue weighted by atomic mass is 9.60. The molecular weight excluding hydrogens is 240 g/mol. The second kappa shape index (κ2) is 9.85. The van der Waals surface area contributed by atoms with Gasteiger partial charge in [0.1, 0.15) is 0 Å². The van der Waals surface area contributed by atoms with Crippen LogP contribution in [0.3, 0.4) is 0 Å². The van der Waals surface area contributed by atoms with Crippen LogP contribution in [0.2, 0.25) is 0 Å². The van der Waals surface area contributed by atoms with Crippen LogP contribution in [0.1, 0.15) is 98.8 Å². The monoisotopic (exact) mass is 280 g/mol. The number of rotatable bonds is 11. The van der Waals surface area contributed by atoms with Crippen LogP contribution >= 0.6 is 0 Å². The Hall–Kier alpha value is 0. The van der Waals surface area contributed by atoms with E-state index < -0.39 is 0 Å². The fourth-order valence-electron chi connectivity index (χ4n) is 4.81. The van der Waals surface area contributed by atoms with Crippen molar-refractivity contribution in [3.63, 3.8) is 0 Å². The molecule has 0 N–H and O–H groups in total. The largest absolute Gasteiger partial charge is 0.0654 e. The van der Waals surface area contributed by atoms with Crippen molar-refractivity contribution in [1.82, 2.24) is 0 Å². The molecule has 0 heterocycles. The summed E-state index contributed by atoms with van der Waals surface area (Å²) >= 11 is 0. The molecular formula is C20H40. The predicted molar refractivity (Wildman–Crippen MR) is 92.0 cm³/mol. The summed E-state index contributed by atoms with van der Waals surface area (Å²) in [4.78, 5) is 0. The topological polar surface area (TPSA) is 0 Å². The summed E-state index contributed by atoms with van der Waals surface area (Å²) in [5.41, 5.74) is 0. The van der Waals surface area contributed by atoms with Crippen LogP contribution in [0.15, 0.2) is 0 Å². The van der Waals surface area contributed by atoms with Crippen molar-refractivity contribution in [3.05, 3.63) is 0 Å². The van der Waals surface area contributed by atoms with Gasteiger partial charge in [-0.2, -0.15) is 0 Å². The fourth-order valence-corrected chi connectivity index (χ4v) is 4.81. The van der Waals surface area contributed by atoms with E-state index in [1.165, 1.54) is 64.2 Å². The van der Waals surface area contributed by atoms with Gasteiger partial charge in [-0.05, 0) is 29.6 Å². The smallest absolute Gasteiger partial charge is 0.0327 e. The average molecular weight is 281 g/mol. The highest BCUT2D eigenvalue weighted by Crippen LogP contribution is 2.47. The summed E-state index contributed by atoms with van der Waals surface area (Å²) in [6.45, 7) is 12.1. The minimum absolute atomic E-state index is 0.941. The molecule has 0 aliphatic heterocycles. The lowest BCUT2D eigenvalue weighted by Crippen LogP contribution is -2.37. The van der Waals surface area contributed by atoms with Gasteiger partial charge in [0.25, 0.3) is 0 Å². The second-order valence-corrected chi connectivity index (χ2v) is 7.44. The van der Waals surface area contributed by atoms with Crippen molar-refractivity contribution in [3.8, 4) is 0 Å². The van der Waals surface area contributed by atoms with Gasteiger partial charge in [0.05, 0.1) is 0 Å². The molecule has 0 spiro atoms. The molecule has 1 fully saturated rings. The molecule has 1 aliphatic rings. The van der Waals surface area contributed by atoms with Crippen LogP contribution in [0.4, 0.5) is 0 Å². The summed E-state index contributed by atoms with van der Waals surface area (Å²) in [6, 6.07) is 0. The maximum absolute atomic E-state index is 2.55. The Labute approximate surface area is 129 Å². The quantitative estimate of drug-likeness (QED) is 0.379. The summed E-state index contributed by atoms with van der Waals surface area (Å²) in [6.07, 6.45) is 14.5. The zero-order valence-corrected chi connectivity index (χ0v) is 15.0. The van der Waals surface area contributed by atoms with E-state index in [0.717, 1.165) is 29.6 Å². The van der Waals surface area contributed by atoms with Crippen LogP contribution < -0.4 is 0 Å². The van der Waals surface area contributed by atoms with Gasteiger partial charge in [0.15, 0.2) is 0 Å². The van der Waals surface area contributed by atoms with E-state index in [1.807, 2.05) is 0 Å². The van der Waals surface area contributed by atoms with Crippen LogP contribution in [0.5, 0.6) is 0 Å². The van der Waals surface area contributed by atoms with Gasteiger partial charge in [-0.15, -0.1) is 0 Å². The summed E-state index contributed by atoms with van der Waals surface area (Å²) < 4.78 is 0. The Kier molecular flexibility index (Phi) is 8.89. The number of hydrogen-bond acceptors (Lipinski definition) is 0. The molecule has 0 radical (unpaired) electrons. The van der Waals surface area contributed by atoms with Gasteiger partial charge >= 0.3 is 0 Å². The Bertz CT molecular complexity index is 228. The first kappa shape index (κ1) is 18.1. The molecule has 4 unspecified atom stereocenters. The lowest BCUT2D eigenvalue weighted by molar-refractivity contribution is 0.0431. The SMILES string of the molecule is CCCC(C)C(CCC)C(C(CC)CCC)C1CCC1. The van der Waals surface area contributed by atoms with Crippen LogP contribution in [-0.2, 0) is 0 Å². The second-order valence-electron chi connectivity index (χ2n) is 7.44. The molecule has 0 aromatic rings. The van der Waals surface area contributed by atoms with Crippen molar-refractivity contribution < 1.29 is 0 Å². The molecule has 20 heavy (non-hydrogen) atoms.